The molecule has 3 aromatic carbocycles. The summed E-state index contributed by atoms with van der Waals surface area (Å²) < 4.78 is 0. The monoisotopic (exact) mass is 417 g/mol. The summed E-state index contributed by atoms with van der Waals surface area (Å²) in [6.07, 6.45) is 1.84. The van der Waals surface area contributed by atoms with E-state index in [1.54, 1.807) is 0 Å². The van der Waals surface area contributed by atoms with E-state index in [0.29, 0.717) is 5.56 Å². The van der Waals surface area contributed by atoms with Crippen molar-refractivity contribution >= 4 is 0 Å². The molecule has 0 spiro atoms. The lowest BCUT2D eigenvalue weighted by molar-refractivity contribution is 1.19. The second kappa shape index (κ2) is 8.40. The third-order valence-electron chi connectivity index (χ3n) is 5.81. The summed E-state index contributed by atoms with van der Waals surface area (Å²) in [6, 6.07) is 19.1. The quantitative estimate of drug-likeness (QED) is 0.354. The van der Waals surface area contributed by atoms with Gasteiger partial charge in [0.05, 0.1) is 34.9 Å². The number of hydrogen-bond acceptors (Lipinski definition) is 3. The predicted molar refractivity (Wildman–Crippen MR) is 131 cm³/mol. The highest BCUT2D eigenvalue weighted by atomic mass is 14.8. The Morgan fingerprint density at radius 3 is 1.75 bits per heavy atom. The Morgan fingerprint density at radius 2 is 1.22 bits per heavy atom. The largest absolute Gasteiger partial charge is 0.252 e. The van der Waals surface area contributed by atoms with Gasteiger partial charge < -0.3 is 0 Å². The van der Waals surface area contributed by atoms with Gasteiger partial charge in [-0.3, -0.25) is 4.98 Å². The zero-order valence-electron chi connectivity index (χ0n) is 19.5. The minimum Gasteiger partial charge on any atom is -0.252 e. The zero-order valence-corrected chi connectivity index (χ0v) is 19.5. The third-order valence-corrected chi connectivity index (χ3v) is 5.81. The molecule has 0 amide bonds. The fourth-order valence-corrected chi connectivity index (χ4v) is 4.51. The van der Waals surface area contributed by atoms with E-state index in [2.05, 4.69) is 77.1 Å². The second-order valence-electron chi connectivity index (χ2n) is 8.75. The van der Waals surface area contributed by atoms with Crippen molar-refractivity contribution in [2.75, 3.05) is 0 Å². The molecule has 0 saturated heterocycles. The van der Waals surface area contributed by atoms with Gasteiger partial charge in [0.2, 0.25) is 0 Å². The van der Waals surface area contributed by atoms with Crippen LogP contribution in [-0.4, -0.2) is 9.97 Å². The van der Waals surface area contributed by atoms with Gasteiger partial charge in [-0.2, -0.15) is 5.26 Å². The highest BCUT2D eigenvalue weighted by Crippen LogP contribution is 2.35. The summed E-state index contributed by atoms with van der Waals surface area (Å²) in [7, 11) is 0. The highest BCUT2D eigenvalue weighted by molar-refractivity contribution is 5.82. The third kappa shape index (κ3) is 4.05. The second-order valence-corrected chi connectivity index (χ2v) is 8.75. The van der Waals surface area contributed by atoms with Gasteiger partial charge in [0.25, 0.3) is 0 Å². The van der Waals surface area contributed by atoms with Crippen molar-refractivity contribution < 1.29 is 0 Å². The fourth-order valence-electron chi connectivity index (χ4n) is 4.51. The van der Waals surface area contributed by atoms with Crippen molar-refractivity contribution in [2.45, 2.75) is 41.5 Å². The van der Waals surface area contributed by atoms with Crippen molar-refractivity contribution in [3.05, 3.63) is 93.7 Å². The molecule has 0 N–H and O–H groups in total. The minimum atomic E-state index is 0.665. The summed E-state index contributed by atoms with van der Waals surface area (Å²) in [5.74, 6) is 0. The van der Waals surface area contributed by atoms with Gasteiger partial charge in [-0.05, 0) is 83.0 Å². The molecule has 0 bridgehead atoms. The van der Waals surface area contributed by atoms with Crippen LogP contribution in [0.15, 0.2) is 54.7 Å². The van der Waals surface area contributed by atoms with Crippen LogP contribution in [0.4, 0.5) is 0 Å². The van der Waals surface area contributed by atoms with Crippen LogP contribution in [-0.2, 0) is 0 Å². The normalized spacial score (nSPS) is 10.8. The number of benzene rings is 3. The van der Waals surface area contributed by atoms with Crippen LogP contribution >= 0.6 is 0 Å². The number of aryl methyl sites for hydroxylation is 5. The topological polar surface area (TPSA) is 49.6 Å². The van der Waals surface area contributed by atoms with Crippen LogP contribution in [0.25, 0.3) is 33.8 Å². The fraction of sp³-hybridized carbons (Fsp3) is 0.207. The van der Waals surface area contributed by atoms with E-state index >= 15 is 0 Å². The van der Waals surface area contributed by atoms with E-state index in [9.17, 15) is 5.26 Å². The SMILES string of the molecule is Cc1cc(C)cc(-c2ncc(-c3c(C)ccc(C#N)c3C)nc2-c2cc(C)cc(C)c2)c1. The maximum absolute atomic E-state index is 9.53. The zero-order chi connectivity index (χ0) is 23.0. The van der Waals surface area contributed by atoms with E-state index in [-0.39, 0.29) is 0 Å². The number of hydrogen-bond donors (Lipinski definition) is 0. The lowest BCUT2D eigenvalue weighted by atomic mass is 9.94. The van der Waals surface area contributed by atoms with E-state index in [4.69, 9.17) is 9.97 Å². The molecule has 0 aliphatic carbocycles. The Kier molecular flexibility index (Phi) is 5.63. The smallest absolute Gasteiger partial charge is 0.0994 e. The number of nitriles is 1. The van der Waals surface area contributed by atoms with Crippen molar-refractivity contribution in [2.24, 2.45) is 0 Å². The van der Waals surface area contributed by atoms with E-state index in [1.165, 1.54) is 22.3 Å². The summed E-state index contributed by atoms with van der Waals surface area (Å²) >= 11 is 0. The van der Waals surface area contributed by atoms with Crippen LogP contribution in [0, 0.1) is 52.9 Å². The molecule has 4 aromatic rings. The van der Waals surface area contributed by atoms with Crippen molar-refractivity contribution in [1.82, 2.24) is 9.97 Å². The Hall–Kier alpha value is -3.77. The van der Waals surface area contributed by atoms with Gasteiger partial charge in [0.1, 0.15) is 0 Å². The van der Waals surface area contributed by atoms with Crippen LogP contribution in [0.2, 0.25) is 0 Å². The molecule has 4 rings (SSSR count). The van der Waals surface area contributed by atoms with E-state index in [0.717, 1.165) is 44.9 Å². The minimum absolute atomic E-state index is 0.665. The molecule has 0 fully saturated rings. The summed E-state index contributed by atoms with van der Waals surface area (Å²) in [6.45, 7) is 12.5. The first-order valence-corrected chi connectivity index (χ1v) is 10.8. The van der Waals surface area contributed by atoms with Gasteiger partial charge in [-0.15, -0.1) is 0 Å². The van der Waals surface area contributed by atoms with Gasteiger partial charge in [-0.1, -0.05) is 40.5 Å². The predicted octanol–water partition coefficient (Wildman–Crippen LogP) is 7.20. The highest BCUT2D eigenvalue weighted by Gasteiger charge is 2.17. The Balaban J connectivity index is 2.03. The number of nitrogens with zero attached hydrogens (tertiary/aromatic N) is 3. The first-order chi connectivity index (χ1) is 15.3. The molecule has 3 nitrogen and oxygen atoms in total. The number of rotatable bonds is 3. The van der Waals surface area contributed by atoms with Crippen LogP contribution in [0.1, 0.15) is 38.9 Å². The maximum atomic E-state index is 9.53. The van der Waals surface area contributed by atoms with Gasteiger partial charge >= 0.3 is 0 Å². The Morgan fingerprint density at radius 1 is 0.688 bits per heavy atom. The summed E-state index contributed by atoms with van der Waals surface area (Å²) in [5, 5.41) is 9.53. The van der Waals surface area contributed by atoms with Crippen molar-refractivity contribution in [1.29, 1.82) is 5.26 Å². The molecular formula is C29H27N3. The van der Waals surface area contributed by atoms with Crippen LogP contribution in [0.3, 0.4) is 0 Å². The molecule has 0 unspecified atom stereocenters. The molecule has 0 atom stereocenters. The average molecular weight is 418 g/mol. The molecule has 1 heterocycles. The molecule has 158 valence electrons. The summed E-state index contributed by atoms with van der Waals surface area (Å²) in [5.41, 5.74) is 13.1. The Bertz CT molecular complexity index is 1350. The lowest BCUT2D eigenvalue weighted by Crippen LogP contribution is -2.00. The molecule has 3 heteroatoms. The molecule has 32 heavy (non-hydrogen) atoms. The molecule has 1 aromatic heterocycles. The standard InChI is InChI=1S/C29H27N3/c1-17-9-18(2)12-24(11-17)28-29(25-13-19(3)10-20(4)14-25)32-26(16-31-28)27-21(5)7-8-23(15-30)22(27)6/h7-14,16H,1-6H3. The van der Waals surface area contributed by atoms with Gasteiger partial charge in [-0.25, -0.2) is 4.98 Å². The van der Waals surface area contributed by atoms with Gasteiger partial charge in [0.15, 0.2) is 0 Å². The summed E-state index contributed by atoms with van der Waals surface area (Å²) in [4.78, 5) is 10.1. The molecule has 0 aliphatic heterocycles. The Labute approximate surface area is 190 Å². The van der Waals surface area contributed by atoms with Crippen LogP contribution < -0.4 is 0 Å². The maximum Gasteiger partial charge on any atom is 0.0994 e. The van der Waals surface area contributed by atoms with Crippen LogP contribution in [0.5, 0.6) is 0 Å². The van der Waals surface area contributed by atoms with Crippen molar-refractivity contribution in [3.8, 4) is 39.8 Å². The van der Waals surface area contributed by atoms with Crippen molar-refractivity contribution in [3.63, 3.8) is 0 Å². The number of aromatic nitrogens is 2. The first-order valence-electron chi connectivity index (χ1n) is 10.8. The van der Waals surface area contributed by atoms with E-state index < -0.39 is 0 Å². The van der Waals surface area contributed by atoms with E-state index in [1.807, 2.05) is 25.3 Å². The molecule has 0 saturated carbocycles. The van der Waals surface area contributed by atoms with Gasteiger partial charge in [0, 0.05) is 16.7 Å². The lowest BCUT2D eigenvalue weighted by Gasteiger charge is -2.16. The average Bonchev–Trinajstić information content (AvgIpc) is 2.72. The molecule has 0 aliphatic rings. The molecule has 0 radical (unpaired) electrons. The molecular weight excluding hydrogens is 390 g/mol. The first kappa shape index (κ1) is 21.5.